The Morgan fingerprint density at radius 2 is 2.19 bits per heavy atom. The third-order valence-corrected chi connectivity index (χ3v) is 6.27. The molecule has 0 aliphatic heterocycles. The fourth-order valence-corrected chi connectivity index (χ4v) is 4.97. The van der Waals surface area contributed by atoms with E-state index in [1.807, 2.05) is 0 Å². The number of amides is 1. The number of aromatic hydroxyl groups is 1. The highest BCUT2D eigenvalue weighted by molar-refractivity contribution is 7.18. The summed E-state index contributed by atoms with van der Waals surface area (Å²) in [4.78, 5) is 29.5. The summed E-state index contributed by atoms with van der Waals surface area (Å²) in [6.07, 6.45) is 2.71. The molecule has 1 aromatic carbocycles. The van der Waals surface area contributed by atoms with Crippen molar-refractivity contribution < 1.29 is 14.3 Å². The topological polar surface area (TPSA) is 82.2 Å². The van der Waals surface area contributed by atoms with Crippen LogP contribution >= 0.6 is 11.3 Å². The number of halogens is 1. The molecule has 2 heterocycles. The Kier molecular flexibility index (Phi) is 4.26. The molecule has 0 saturated carbocycles. The lowest BCUT2D eigenvalue weighted by Crippen LogP contribution is -2.23. The normalized spacial score (nSPS) is 16.3. The first-order valence-electron chi connectivity index (χ1n) is 8.82. The van der Waals surface area contributed by atoms with Crippen molar-refractivity contribution in [1.82, 2.24) is 4.98 Å². The van der Waals surface area contributed by atoms with E-state index in [0.29, 0.717) is 21.7 Å². The number of benzene rings is 1. The molecule has 1 aliphatic carbocycles. The summed E-state index contributed by atoms with van der Waals surface area (Å²) in [5, 5.41) is 13.8. The van der Waals surface area contributed by atoms with Crippen molar-refractivity contribution in [3.63, 3.8) is 0 Å². The third-order valence-electron chi connectivity index (χ3n) is 5.10. The molecule has 0 fully saturated rings. The molecule has 2 aromatic heterocycles. The first-order valence-corrected chi connectivity index (χ1v) is 9.63. The highest BCUT2D eigenvalue weighted by Crippen LogP contribution is 2.41. The van der Waals surface area contributed by atoms with Gasteiger partial charge >= 0.3 is 0 Å². The summed E-state index contributed by atoms with van der Waals surface area (Å²) >= 11 is 1.46. The van der Waals surface area contributed by atoms with Crippen LogP contribution in [0.4, 0.5) is 10.1 Å². The number of hydrogen-bond acceptors (Lipinski definition) is 4. The zero-order chi connectivity index (χ0) is 19.3. The van der Waals surface area contributed by atoms with Crippen molar-refractivity contribution in [3.8, 4) is 5.75 Å². The van der Waals surface area contributed by atoms with Gasteiger partial charge in [0, 0.05) is 10.6 Å². The molecule has 27 heavy (non-hydrogen) atoms. The summed E-state index contributed by atoms with van der Waals surface area (Å²) in [7, 11) is 0. The van der Waals surface area contributed by atoms with Gasteiger partial charge in [0.15, 0.2) is 0 Å². The van der Waals surface area contributed by atoms with Crippen LogP contribution in [0.15, 0.2) is 23.0 Å². The van der Waals surface area contributed by atoms with Gasteiger partial charge in [-0.25, -0.2) is 4.39 Å². The highest BCUT2D eigenvalue weighted by atomic mass is 32.1. The molecule has 4 rings (SSSR count). The molecule has 0 spiro atoms. The van der Waals surface area contributed by atoms with Gasteiger partial charge in [0.05, 0.1) is 5.39 Å². The predicted molar refractivity (Wildman–Crippen MR) is 104 cm³/mol. The van der Waals surface area contributed by atoms with E-state index in [9.17, 15) is 19.1 Å². The number of rotatable bonds is 2. The van der Waals surface area contributed by atoms with Crippen molar-refractivity contribution in [2.24, 2.45) is 5.92 Å². The predicted octanol–water partition coefficient (Wildman–Crippen LogP) is 4.12. The first-order chi connectivity index (χ1) is 12.8. The smallest absolute Gasteiger partial charge is 0.265 e. The largest absolute Gasteiger partial charge is 0.506 e. The maximum Gasteiger partial charge on any atom is 0.265 e. The number of pyridine rings is 1. The number of nitrogens with one attached hydrogen (secondary N) is 2. The van der Waals surface area contributed by atoms with Crippen molar-refractivity contribution >= 4 is 33.1 Å². The van der Waals surface area contributed by atoms with Crippen molar-refractivity contribution in [2.45, 2.75) is 33.1 Å². The minimum atomic E-state index is -0.761. The standard InChI is InChI=1S/C20H19FN2O3S/c1-9-3-6-12-14(7-9)27-20-15(12)17(24)16(19(26)23-20)18(25)22-11-5-4-10(2)13(21)8-11/h4-5,8-9H,3,6-7H2,1-2H3,(H,22,25)(H2,23,24,26). The number of carbonyl (C=O) groups is 1. The van der Waals surface area contributed by atoms with Gasteiger partial charge in [-0.15, -0.1) is 11.3 Å². The second-order valence-electron chi connectivity index (χ2n) is 7.15. The number of hydrogen-bond donors (Lipinski definition) is 3. The Morgan fingerprint density at radius 3 is 2.93 bits per heavy atom. The Labute approximate surface area is 158 Å². The van der Waals surface area contributed by atoms with Crippen LogP contribution in [-0.4, -0.2) is 16.0 Å². The van der Waals surface area contributed by atoms with Crippen LogP contribution < -0.4 is 10.9 Å². The second kappa shape index (κ2) is 6.49. The summed E-state index contributed by atoms with van der Waals surface area (Å²) < 4.78 is 13.7. The van der Waals surface area contributed by atoms with E-state index in [4.69, 9.17) is 0 Å². The molecular formula is C20H19FN2O3S. The lowest BCUT2D eigenvalue weighted by molar-refractivity contribution is 0.102. The summed E-state index contributed by atoms with van der Waals surface area (Å²) in [6.45, 7) is 3.79. The van der Waals surface area contributed by atoms with E-state index in [2.05, 4.69) is 17.2 Å². The average molecular weight is 386 g/mol. The van der Waals surface area contributed by atoms with Crippen molar-refractivity contribution in [2.75, 3.05) is 5.32 Å². The Morgan fingerprint density at radius 1 is 1.41 bits per heavy atom. The molecule has 1 unspecified atom stereocenters. The molecule has 1 amide bonds. The maximum absolute atomic E-state index is 13.7. The SMILES string of the molecule is Cc1ccc(NC(=O)c2c(O)c3c4c(sc3[nH]c2=O)CC(C)CC4)cc1F. The van der Waals surface area contributed by atoms with Crippen LogP contribution in [0.2, 0.25) is 0 Å². The quantitative estimate of drug-likeness (QED) is 0.620. The molecular weight excluding hydrogens is 367 g/mol. The molecule has 1 atom stereocenters. The number of fused-ring (bicyclic) bond motifs is 3. The first kappa shape index (κ1) is 17.7. The van der Waals surface area contributed by atoms with Gasteiger partial charge in [0.1, 0.15) is 22.0 Å². The van der Waals surface area contributed by atoms with Crippen LogP contribution in [0.5, 0.6) is 5.75 Å². The summed E-state index contributed by atoms with van der Waals surface area (Å²) in [5.74, 6) is -0.963. The summed E-state index contributed by atoms with van der Waals surface area (Å²) in [6, 6.07) is 4.27. The number of carbonyl (C=O) groups excluding carboxylic acids is 1. The van der Waals surface area contributed by atoms with Gasteiger partial charge < -0.3 is 15.4 Å². The second-order valence-corrected chi connectivity index (χ2v) is 8.26. The van der Waals surface area contributed by atoms with Gasteiger partial charge in [-0.3, -0.25) is 9.59 Å². The summed E-state index contributed by atoms with van der Waals surface area (Å²) in [5.41, 5.74) is 0.689. The van der Waals surface area contributed by atoms with E-state index in [-0.39, 0.29) is 17.0 Å². The highest BCUT2D eigenvalue weighted by Gasteiger charge is 2.27. The van der Waals surface area contributed by atoms with E-state index in [1.165, 1.54) is 23.5 Å². The van der Waals surface area contributed by atoms with Crippen molar-refractivity contribution in [1.29, 1.82) is 0 Å². The minimum Gasteiger partial charge on any atom is -0.506 e. The van der Waals surface area contributed by atoms with E-state index >= 15 is 0 Å². The van der Waals surface area contributed by atoms with Crippen LogP contribution in [0, 0.1) is 18.7 Å². The molecule has 5 nitrogen and oxygen atoms in total. The monoisotopic (exact) mass is 386 g/mol. The molecule has 7 heteroatoms. The average Bonchev–Trinajstić information content (AvgIpc) is 2.95. The van der Waals surface area contributed by atoms with Crippen molar-refractivity contribution in [3.05, 3.63) is 55.9 Å². The lowest BCUT2D eigenvalue weighted by Gasteiger charge is -2.18. The molecule has 0 radical (unpaired) electrons. The number of H-pyrrole nitrogens is 1. The fourth-order valence-electron chi connectivity index (χ4n) is 3.56. The van der Waals surface area contributed by atoms with E-state index in [1.54, 1.807) is 13.0 Å². The molecule has 0 saturated heterocycles. The molecule has 3 N–H and O–H groups in total. The Hall–Kier alpha value is -2.67. The van der Waals surface area contributed by atoms with Crippen LogP contribution in [-0.2, 0) is 12.8 Å². The van der Waals surface area contributed by atoms with E-state index in [0.717, 1.165) is 29.7 Å². The lowest BCUT2D eigenvalue weighted by atomic mass is 9.89. The number of aromatic nitrogens is 1. The van der Waals surface area contributed by atoms with Crippen LogP contribution in [0.25, 0.3) is 10.2 Å². The molecule has 0 bridgehead atoms. The van der Waals surface area contributed by atoms with Gasteiger partial charge in [-0.05, 0) is 55.4 Å². The van der Waals surface area contributed by atoms with Gasteiger partial charge in [0.2, 0.25) is 0 Å². The fraction of sp³-hybridized carbons (Fsp3) is 0.300. The third kappa shape index (κ3) is 3.02. The number of aromatic amines is 1. The number of aryl methyl sites for hydroxylation is 2. The van der Waals surface area contributed by atoms with Gasteiger partial charge in [-0.2, -0.15) is 0 Å². The minimum absolute atomic E-state index is 0.225. The number of anilines is 1. The Bertz CT molecular complexity index is 1130. The molecule has 3 aromatic rings. The maximum atomic E-state index is 13.7. The zero-order valence-corrected chi connectivity index (χ0v) is 15.8. The van der Waals surface area contributed by atoms with E-state index < -0.39 is 17.3 Å². The van der Waals surface area contributed by atoms with Gasteiger partial charge in [0.25, 0.3) is 11.5 Å². The number of thiophene rings is 1. The van der Waals surface area contributed by atoms with Gasteiger partial charge in [-0.1, -0.05) is 13.0 Å². The van der Waals surface area contributed by atoms with Crippen LogP contribution in [0.1, 0.15) is 39.7 Å². The molecule has 1 aliphatic rings. The molecule has 140 valence electrons. The Balaban J connectivity index is 1.78. The zero-order valence-electron chi connectivity index (χ0n) is 15.0. The van der Waals surface area contributed by atoms with Crippen LogP contribution in [0.3, 0.4) is 0 Å².